The van der Waals surface area contributed by atoms with E-state index in [1.54, 1.807) is 24.3 Å². The van der Waals surface area contributed by atoms with Gasteiger partial charge in [0.25, 0.3) is 5.91 Å². The number of nitrogens with two attached hydrogens (primary N) is 1. The zero-order chi connectivity index (χ0) is 18.4. The van der Waals surface area contributed by atoms with Gasteiger partial charge in [0.2, 0.25) is 0 Å². The number of anilines is 1. The van der Waals surface area contributed by atoms with Crippen LogP contribution < -0.4 is 10.6 Å². The molecule has 0 saturated carbocycles. The van der Waals surface area contributed by atoms with Crippen molar-refractivity contribution in [2.75, 3.05) is 5.32 Å². The lowest BCUT2D eigenvalue weighted by atomic mass is 10.0. The van der Waals surface area contributed by atoms with Gasteiger partial charge in [-0.2, -0.15) is 0 Å². The van der Waals surface area contributed by atoms with Gasteiger partial charge in [0, 0.05) is 27.7 Å². The number of ketones is 1. The second-order valence-electron chi connectivity index (χ2n) is 6.17. The molecule has 2 aromatic rings. The standard InChI is InChI=1S/C20H23BrN2O2/c1-4-19(15-8-10-17(21)11-9-15)22-13(2)20(25)23-18-7-5-6-16(12-18)14(3)24/h5-13,19,22H,4H2,1-3H3,(H,23,25)/p+1/t13-,19+/m0/s1. The molecule has 0 bridgehead atoms. The maximum absolute atomic E-state index is 12.5. The van der Waals surface area contributed by atoms with E-state index in [9.17, 15) is 9.59 Å². The zero-order valence-electron chi connectivity index (χ0n) is 14.8. The molecule has 0 heterocycles. The molecule has 2 aromatic carbocycles. The zero-order valence-corrected chi connectivity index (χ0v) is 16.3. The number of nitrogens with one attached hydrogen (secondary N) is 1. The Hall–Kier alpha value is -1.98. The summed E-state index contributed by atoms with van der Waals surface area (Å²) in [6.45, 7) is 5.53. The van der Waals surface area contributed by atoms with Crippen molar-refractivity contribution in [3.8, 4) is 0 Å². The highest BCUT2D eigenvalue weighted by atomic mass is 79.9. The summed E-state index contributed by atoms with van der Waals surface area (Å²) >= 11 is 3.45. The molecule has 0 aliphatic rings. The first-order valence-corrected chi connectivity index (χ1v) is 9.22. The van der Waals surface area contributed by atoms with Gasteiger partial charge < -0.3 is 10.6 Å². The topological polar surface area (TPSA) is 62.8 Å². The number of hydrogen-bond acceptors (Lipinski definition) is 2. The number of benzene rings is 2. The Morgan fingerprint density at radius 1 is 1.16 bits per heavy atom. The van der Waals surface area contributed by atoms with Crippen LogP contribution in [-0.2, 0) is 4.79 Å². The van der Waals surface area contributed by atoms with Gasteiger partial charge in [0.15, 0.2) is 11.8 Å². The first-order chi connectivity index (χ1) is 11.9. The lowest BCUT2D eigenvalue weighted by Gasteiger charge is -2.19. The number of halogens is 1. The Balaban J connectivity index is 2.02. The summed E-state index contributed by atoms with van der Waals surface area (Å²) in [7, 11) is 0. The van der Waals surface area contributed by atoms with Crippen LogP contribution in [0.4, 0.5) is 5.69 Å². The fourth-order valence-electron chi connectivity index (χ4n) is 2.70. The minimum atomic E-state index is -0.241. The maximum Gasteiger partial charge on any atom is 0.282 e. The first kappa shape index (κ1) is 19.3. The van der Waals surface area contributed by atoms with E-state index >= 15 is 0 Å². The lowest BCUT2D eigenvalue weighted by molar-refractivity contribution is -0.713. The number of carbonyl (C=O) groups excluding carboxylic acids is 2. The van der Waals surface area contributed by atoms with Crippen LogP contribution in [0.3, 0.4) is 0 Å². The van der Waals surface area contributed by atoms with E-state index in [0.29, 0.717) is 11.3 Å². The van der Waals surface area contributed by atoms with Crippen LogP contribution in [0, 0.1) is 0 Å². The average Bonchev–Trinajstić information content (AvgIpc) is 2.60. The van der Waals surface area contributed by atoms with Gasteiger partial charge in [0.1, 0.15) is 6.04 Å². The molecule has 4 nitrogen and oxygen atoms in total. The van der Waals surface area contributed by atoms with E-state index in [-0.39, 0.29) is 23.8 Å². The van der Waals surface area contributed by atoms with Crippen molar-refractivity contribution in [2.24, 2.45) is 0 Å². The molecule has 3 N–H and O–H groups in total. The third kappa shape index (κ3) is 5.51. The molecule has 0 spiro atoms. The van der Waals surface area contributed by atoms with Crippen LogP contribution in [0.5, 0.6) is 0 Å². The second kappa shape index (κ2) is 8.92. The van der Waals surface area contributed by atoms with Crippen molar-refractivity contribution in [1.29, 1.82) is 0 Å². The molecule has 1 amide bonds. The van der Waals surface area contributed by atoms with Crippen molar-refractivity contribution in [3.63, 3.8) is 0 Å². The van der Waals surface area contributed by atoms with Crippen molar-refractivity contribution < 1.29 is 14.9 Å². The molecule has 2 atom stereocenters. The maximum atomic E-state index is 12.5. The Kier molecular flexibility index (Phi) is 6.91. The smallest absolute Gasteiger partial charge is 0.282 e. The SMILES string of the molecule is CC[C@@H]([NH2+][C@@H](C)C(=O)Nc1cccc(C(C)=O)c1)c1ccc(Br)cc1. The number of rotatable bonds is 7. The van der Waals surface area contributed by atoms with Gasteiger partial charge in [-0.15, -0.1) is 0 Å². The Morgan fingerprint density at radius 3 is 2.44 bits per heavy atom. The summed E-state index contributed by atoms with van der Waals surface area (Å²) in [6, 6.07) is 15.2. The monoisotopic (exact) mass is 403 g/mol. The number of Topliss-reactive ketones (excluding diaryl/α,β-unsaturated/α-hetero) is 1. The van der Waals surface area contributed by atoms with Crippen LogP contribution in [0.25, 0.3) is 0 Å². The van der Waals surface area contributed by atoms with Crippen molar-refractivity contribution >= 4 is 33.3 Å². The summed E-state index contributed by atoms with van der Waals surface area (Å²) in [6.07, 6.45) is 0.930. The minimum absolute atomic E-state index is 0.0167. The molecule has 132 valence electrons. The number of quaternary nitrogens is 1. The predicted molar refractivity (Wildman–Crippen MR) is 104 cm³/mol. The predicted octanol–water partition coefficient (Wildman–Crippen LogP) is 3.69. The molecule has 0 aliphatic carbocycles. The molecule has 0 radical (unpaired) electrons. The van der Waals surface area contributed by atoms with E-state index in [2.05, 4.69) is 45.6 Å². The van der Waals surface area contributed by atoms with Crippen LogP contribution in [0.15, 0.2) is 53.0 Å². The quantitative estimate of drug-likeness (QED) is 0.692. The normalized spacial score (nSPS) is 13.1. The molecule has 0 saturated heterocycles. The number of amides is 1. The van der Waals surface area contributed by atoms with Gasteiger partial charge in [0.05, 0.1) is 0 Å². The summed E-state index contributed by atoms with van der Waals surface area (Å²) < 4.78 is 1.04. The number of carbonyl (C=O) groups is 2. The van der Waals surface area contributed by atoms with E-state index in [4.69, 9.17) is 0 Å². The fourth-order valence-corrected chi connectivity index (χ4v) is 2.97. The molecule has 0 fully saturated rings. The van der Waals surface area contributed by atoms with Crippen LogP contribution in [0.1, 0.15) is 49.2 Å². The number of hydrogen-bond donors (Lipinski definition) is 2. The summed E-state index contributed by atoms with van der Waals surface area (Å²) in [4.78, 5) is 24.0. The highest BCUT2D eigenvalue weighted by Gasteiger charge is 2.22. The van der Waals surface area contributed by atoms with Gasteiger partial charge in [-0.1, -0.05) is 47.1 Å². The molecule has 2 rings (SSSR count). The highest BCUT2D eigenvalue weighted by molar-refractivity contribution is 9.10. The lowest BCUT2D eigenvalue weighted by Crippen LogP contribution is -2.92. The van der Waals surface area contributed by atoms with Gasteiger partial charge >= 0.3 is 0 Å². The van der Waals surface area contributed by atoms with E-state index < -0.39 is 0 Å². The molecule has 0 aliphatic heterocycles. The summed E-state index contributed by atoms with van der Waals surface area (Å²) in [5.41, 5.74) is 2.44. The largest absolute Gasteiger partial charge is 0.330 e. The van der Waals surface area contributed by atoms with Crippen molar-refractivity contribution in [2.45, 2.75) is 39.3 Å². The van der Waals surface area contributed by atoms with Gasteiger partial charge in [-0.3, -0.25) is 9.59 Å². The van der Waals surface area contributed by atoms with E-state index in [0.717, 1.165) is 10.9 Å². The van der Waals surface area contributed by atoms with Crippen molar-refractivity contribution in [3.05, 3.63) is 64.1 Å². The Morgan fingerprint density at radius 2 is 1.84 bits per heavy atom. The van der Waals surface area contributed by atoms with Crippen LogP contribution >= 0.6 is 15.9 Å². The third-order valence-electron chi connectivity index (χ3n) is 4.21. The molecule has 25 heavy (non-hydrogen) atoms. The van der Waals surface area contributed by atoms with Gasteiger partial charge in [-0.05, 0) is 38.1 Å². The molecular formula is C20H24BrN2O2+. The first-order valence-electron chi connectivity index (χ1n) is 8.43. The highest BCUT2D eigenvalue weighted by Crippen LogP contribution is 2.17. The van der Waals surface area contributed by atoms with Crippen molar-refractivity contribution in [1.82, 2.24) is 0 Å². The third-order valence-corrected chi connectivity index (χ3v) is 4.74. The fraction of sp³-hybridized carbons (Fsp3) is 0.300. The van der Waals surface area contributed by atoms with Crippen LogP contribution in [-0.4, -0.2) is 17.7 Å². The molecule has 0 unspecified atom stereocenters. The molecule has 5 heteroatoms. The van der Waals surface area contributed by atoms with E-state index in [1.165, 1.54) is 12.5 Å². The molecule has 0 aromatic heterocycles. The molecular weight excluding hydrogens is 380 g/mol. The van der Waals surface area contributed by atoms with E-state index in [1.807, 2.05) is 19.1 Å². The second-order valence-corrected chi connectivity index (χ2v) is 7.09. The van der Waals surface area contributed by atoms with Gasteiger partial charge in [-0.25, -0.2) is 0 Å². The Labute approximate surface area is 157 Å². The Bertz CT molecular complexity index is 744. The average molecular weight is 404 g/mol. The van der Waals surface area contributed by atoms with Crippen LogP contribution in [0.2, 0.25) is 0 Å². The summed E-state index contributed by atoms with van der Waals surface area (Å²) in [5, 5.41) is 4.97. The minimum Gasteiger partial charge on any atom is -0.330 e. The summed E-state index contributed by atoms with van der Waals surface area (Å²) in [5.74, 6) is -0.0896.